The molecule has 3 N–H and O–H groups in total. The first-order chi connectivity index (χ1) is 9.70. The lowest BCUT2D eigenvalue weighted by Gasteiger charge is -2.21. The van der Waals surface area contributed by atoms with E-state index in [1.165, 1.54) is 17.3 Å². The molecule has 1 aromatic rings. The van der Waals surface area contributed by atoms with E-state index in [2.05, 4.69) is 5.32 Å². The van der Waals surface area contributed by atoms with E-state index in [1.54, 1.807) is 19.1 Å². The zero-order chi connectivity index (χ0) is 14.4. The van der Waals surface area contributed by atoms with Crippen LogP contribution in [0.4, 0.5) is 11.4 Å². The number of esters is 1. The maximum atomic E-state index is 11.8. The molecule has 4 nitrogen and oxygen atoms in total. The highest BCUT2D eigenvalue weighted by Crippen LogP contribution is 2.25. The predicted molar refractivity (Wildman–Crippen MR) is 88.9 cm³/mol. The highest BCUT2D eigenvalue weighted by Gasteiger charge is 2.15. The van der Waals surface area contributed by atoms with E-state index in [4.69, 9.17) is 10.5 Å². The summed E-state index contributed by atoms with van der Waals surface area (Å²) in [5, 5.41) is 4.00. The van der Waals surface area contributed by atoms with Gasteiger partial charge in [-0.3, -0.25) is 0 Å². The van der Waals surface area contributed by atoms with Gasteiger partial charge in [0.2, 0.25) is 0 Å². The first-order valence-electron chi connectivity index (χ1n) is 6.70. The zero-order valence-corrected chi connectivity index (χ0v) is 13.2. The molecule has 0 bridgehead atoms. The van der Waals surface area contributed by atoms with Crippen LogP contribution in [0.2, 0.25) is 0 Å². The molecule has 1 aliphatic rings. The summed E-state index contributed by atoms with van der Waals surface area (Å²) in [5.74, 6) is 3.27. The first kappa shape index (κ1) is 15.4. The standard InChI is InChI=1S/C14H20N2O2S2/c1-2-18-14(17)12-7-10(3-4-13(12)15)16-8-11-9-19-5-6-20-11/h3-4,7,11,16H,2,5-6,8-9,15H2,1H3. The molecule has 6 heteroatoms. The predicted octanol–water partition coefficient (Wildman–Crippen LogP) is 2.71. The molecule has 1 atom stereocenters. The second-order valence-electron chi connectivity index (χ2n) is 4.47. The smallest absolute Gasteiger partial charge is 0.340 e. The van der Waals surface area contributed by atoms with Crippen molar-refractivity contribution in [3.05, 3.63) is 23.8 Å². The minimum Gasteiger partial charge on any atom is -0.462 e. The number of hydrogen-bond acceptors (Lipinski definition) is 6. The minimum absolute atomic E-state index is 0.353. The number of nitrogens with two attached hydrogens (primary N) is 1. The van der Waals surface area contributed by atoms with Gasteiger partial charge < -0.3 is 15.8 Å². The number of anilines is 2. The second-order valence-corrected chi connectivity index (χ2v) is 7.03. The summed E-state index contributed by atoms with van der Waals surface area (Å²) >= 11 is 4.00. The van der Waals surface area contributed by atoms with Crippen molar-refractivity contribution in [1.29, 1.82) is 0 Å². The molecule has 20 heavy (non-hydrogen) atoms. The Morgan fingerprint density at radius 3 is 3.05 bits per heavy atom. The van der Waals surface area contributed by atoms with Crippen LogP contribution in [0, 0.1) is 0 Å². The molecule has 0 amide bonds. The highest BCUT2D eigenvalue weighted by atomic mass is 32.2. The molecular weight excluding hydrogens is 292 g/mol. The van der Waals surface area contributed by atoms with Crippen molar-refractivity contribution in [2.75, 3.05) is 41.5 Å². The minimum atomic E-state index is -0.365. The fourth-order valence-electron chi connectivity index (χ4n) is 1.94. The zero-order valence-electron chi connectivity index (χ0n) is 11.6. The molecule has 110 valence electrons. The maximum absolute atomic E-state index is 11.8. The Hall–Kier alpha value is -1.01. The summed E-state index contributed by atoms with van der Waals surface area (Å²) in [6.45, 7) is 3.05. The van der Waals surface area contributed by atoms with Crippen molar-refractivity contribution < 1.29 is 9.53 Å². The van der Waals surface area contributed by atoms with E-state index < -0.39 is 0 Å². The van der Waals surface area contributed by atoms with Crippen LogP contribution >= 0.6 is 23.5 Å². The Morgan fingerprint density at radius 1 is 1.50 bits per heavy atom. The number of carbonyl (C=O) groups excluding carboxylic acids is 1. The van der Waals surface area contributed by atoms with E-state index in [0.717, 1.165) is 12.2 Å². The van der Waals surface area contributed by atoms with Crippen LogP contribution in [-0.4, -0.2) is 41.6 Å². The van der Waals surface area contributed by atoms with Crippen LogP contribution in [0.1, 0.15) is 17.3 Å². The van der Waals surface area contributed by atoms with E-state index in [0.29, 0.717) is 23.1 Å². The average molecular weight is 312 g/mol. The lowest BCUT2D eigenvalue weighted by atomic mass is 10.1. The summed E-state index contributed by atoms with van der Waals surface area (Å²) in [5.41, 5.74) is 7.63. The van der Waals surface area contributed by atoms with Gasteiger partial charge in [-0.05, 0) is 25.1 Å². The van der Waals surface area contributed by atoms with Gasteiger partial charge in [-0.1, -0.05) is 0 Å². The average Bonchev–Trinajstić information content (AvgIpc) is 2.47. The Morgan fingerprint density at radius 2 is 2.35 bits per heavy atom. The molecule has 1 heterocycles. The number of hydrogen-bond donors (Lipinski definition) is 2. The molecule has 1 aromatic carbocycles. The van der Waals surface area contributed by atoms with Gasteiger partial charge in [-0.2, -0.15) is 23.5 Å². The van der Waals surface area contributed by atoms with Crippen LogP contribution < -0.4 is 11.1 Å². The van der Waals surface area contributed by atoms with Gasteiger partial charge in [-0.25, -0.2) is 4.79 Å². The number of thioether (sulfide) groups is 2. The van der Waals surface area contributed by atoms with Crippen molar-refractivity contribution in [3.63, 3.8) is 0 Å². The number of rotatable bonds is 5. The molecule has 1 saturated heterocycles. The second kappa shape index (κ2) is 7.69. The van der Waals surface area contributed by atoms with Crippen LogP contribution in [-0.2, 0) is 4.74 Å². The summed E-state index contributed by atoms with van der Waals surface area (Å²) in [6, 6.07) is 5.42. The Balaban J connectivity index is 1.97. The van der Waals surface area contributed by atoms with Crippen LogP contribution in [0.3, 0.4) is 0 Å². The Bertz CT molecular complexity index is 462. The van der Waals surface area contributed by atoms with Crippen molar-refractivity contribution in [2.45, 2.75) is 12.2 Å². The Labute approximate surface area is 128 Å². The van der Waals surface area contributed by atoms with Gasteiger partial charge in [-0.15, -0.1) is 0 Å². The monoisotopic (exact) mass is 312 g/mol. The van der Waals surface area contributed by atoms with Crippen LogP contribution in [0.25, 0.3) is 0 Å². The molecule has 0 spiro atoms. The van der Waals surface area contributed by atoms with Crippen molar-refractivity contribution in [1.82, 2.24) is 0 Å². The molecule has 0 saturated carbocycles. The Kier molecular flexibility index (Phi) is 5.91. The molecule has 1 fully saturated rings. The summed E-state index contributed by atoms with van der Waals surface area (Å²) in [4.78, 5) is 11.8. The third-order valence-corrected chi connectivity index (χ3v) is 5.81. The van der Waals surface area contributed by atoms with E-state index in [-0.39, 0.29) is 5.97 Å². The maximum Gasteiger partial charge on any atom is 0.340 e. The van der Waals surface area contributed by atoms with Gasteiger partial charge in [0.05, 0.1) is 12.2 Å². The number of nitrogen functional groups attached to an aromatic ring is 1. The van der Waals surface area contributed by atoms with Crippen LogP contribution in [0.15, 0.2) is 18.2 Å². The molecule has 0 radical (unpaired) electrons. The molecule has 1 aliphatic heterocycles. The van der Waals surface area contributed by atoms with Gasteiger partial charge in [0.25, 0.3) is 0 Å². The molecule has 2 rings (SSSR count). The SMILES string of the molecule is CCOC(=O)c1cc(NCC2CSCCS2)ccc1N. The number of ether oxygens (including phenoxy) is 1. The van der Waals surface area contributed by atoms with E-state index in [1.807, 2.05) is 29.6 Å². The van der Waals surface area contributed by atoms with Gasteiger partial charge in [0, 0.05) is 40.4 Å². The summed E-state index contributed by atoms with van der Waals surface area (Å²) < 4.78 is 5.00. The van der Waals surface area contributed by atoms with Gasteiger partial charge in [0.15, 0.2) is 0 Å². The fourth-order valence-corrected chi connectivity index (χ4v) is 4.55. The normalized spacial score (nSPS) is 18.6. The van der Waals surface area contributed by atoms with Crippen molar-refractivity contribution >= 4 is 40.9 Å². The summed E-state index contributed by atoms with van der Waals surface area (Å²) in [6.07, 6.45) is 0. The molecule has 0 aliphatic carbocycles. The van der Waals surface area contributed by atoms with Crippen LogP contribution in [0.5, 0.6) is 0 Å². The number of carbonyl (C=O) groups is 1. The molecule has 0 aromatic heterocycles. The van der Waals surface area contributed by atoms with Gasteiger partial charge in [0.1, 0.15) is 0 Å². The van der Waals surface area contributed by atoms with Crippen molar-refractivity contribution in [3.8, 4) is 0 Å². The largest absolute Gasteiger partial charge is 0.462 e. The van der Waals surface area contributed by atoms with Gasteiger partial charge >= 0.3 is 5.97 Å². The lowest BCUT2D eigenvalue weighted by molar-refractivity contribution is 0.0527. The number of nitrogens with one attached hydrogen (secondary N) is 1. The topological polar surface area (TPSA) is 64.3 Å². The quantitative estimate of drug-likeness (QED) is 0.644. The third kappa shape index (κ3) is 4.24. The van der Waals surface area contributed by atoms with Crippen molar-refractivity contribution in [2.24, 2.45) is 0 Å². The lowest BCUT2D eigenvalue weighted by Crippen LogP contribution is -2.23. The van der Waals surface area contributed by atoms with E-state index in [9.17, 15) is 4.79 Å². The van der Waals surface area contributed by atoms with E-state index >= 15 is 0 Å². The summed E-state index contributed by atoms with van der Waals surface area (Å²) in [7, 11) is 0. The highest BCUT2D eigenvalue weighted by molar-refractivity contribution is 8.06. The first-order valence-corrected chi connectivity index (χ1v) is 8.91. The fraction of sp³-hybridized carbons (Fsp3) is 0.500. The molecular formula is C14H20N2O2S2. The number of benzene rings is 1. The molecule has 1 unspecified atom stereocenters. The third-order valence-electron chi connectivity index (χ3n) is 2.97.